The molecule has 2 unspecified atom stereocenters. The number of likely N-dealkylation sites (N-methyl/N-ethyl adjacent to an activating group) is 1. The lowest BCUT2D eigenvalue weighted by molar-refractivity contribution is -0.132. The highest BCUT2D eigenvalue weighted by Crippen LogP contribution is 2.18. The summed E-state index contributed by atoms with van der Waals surface area (Å²) in [4.78, 5) is 14.2. The summed E-state index contributed by atoms with van der Waals surface area (Å²) in [7, 11) is 0. The molecule has 0 radical (unpaired) electrons. The van der Waals surface area contributed by atoms with Crippen molar-refractivity contribution < 1.29 is 4.79 Å². The molecule has 1 aromatic rings. The van der Waals surface area contributed by atoms with Gasteiger partial charge in [-0.1, -0.05) is 35.9 Å². The summed E-state index contributed by atoms with van der Waals surface area (Å²) in [5, 5.41) is 4.04. The number of rotatable bonds is 7. The molecule has 1 N–H and O–H groups in total. The standard InChI is InChI=1S/C17H25ClN2O/c1-6-20(11-12(2)3)17(21)14(5)19-13(4)15-8-7-9-16(18)10-15/h7-10,13-14,19H,2,6,11H2,1,3-5H3. The van der Waals surface area contributed by atoms with E-state index < -0.39 is 0 Å². The van der Waals surface area contributed by atoms with Crippen molar-refractivity contribution in [2.75, 3.05) is 13.1 Å². The predicted octanol–water partition coefficient (Wildman–Crippen LogP) is 3.80. The van der Waals surface area contributed by atoms with Crippen molar-refractivity contribution in [2.24, 2.45) is 0 Å². The summed E-state index contributed by atoms with van der Waals surface area (Å²) >= 11 is 6.01. The number of carbonyl (C=O) groups excluding carboxylic acids is 1. The lowest BCUT2D eigenvalue weighted by Gasteiger charge is -2.27. The fraction of sp³-hybridized carbons (Fsp3) is 0.471. The minimum atomic E-state index is -0.252. The molecule has 0 heterocycles. The molecular weight excluding hydrogens is 284 g/mol. The van der Waals surface area contributed by atoms with Gasteiger partial charge in [0, 0.05) is 24.2 Å². The zero-order chi connectivity index (χ0) is 16.0. The van der Waals surface area contributed by atoms with Crippen LogP contribution in [0.1, 0.15) is 39.3 Å². The Kier molecular flexibility index (Phi) is 6.93. The number of amides is 1. The van der Waals surface area contributed by atoms with Crippen molar-refractivity contribution in [3.05, 3.63) is 47.0 Å². The average molecular weight is 309 g/mol. The maximum Gasteiger partial charge on any atom is 0.239 e. The van der Waals surface area contributed by atoms with Gasteiger partial charge in [-0.05, 0) is 45.4 Å². The van der Waals surface area contributed by atoms with Crippen LogP contribution in [0, 0.1) is 0 Å². The molecule has 21 heavy (non-hydrogen) atoms. The van der Waals surface area contributed by atoms with E-state index in [9.17, 15) is 4.79 Å². The van der Waals surface area contributed by atoms with Crippen LogP contribution in [0.3, 0.4) is 0 Å². The van der Waals surface area contributed by atoms with Gasteiger partial charge in [0.15, 0.2) is 0 Å². The van der Waals surface area contributed by atoms with Gasteiger partial charge in [0.2, 0.25) is 5.91 Å². The molecule has 0 aliphatic heterocycles. The first-order chi connectivity index (χ1) is 9.85. The van der Waals surface area contributed by atoms with Crippen molar-refractivity contribution in [1.29, 1.82) is 0 Å². The van der Waals surface area contributed by atoms with Crippen LogP contribution in [0.2, 0.25) is 5.02 Å². The number of carbonyl (C=O) groups is 1. The van der Waals surface area contributed by atoms with Gasteiger partial charge in [-0.15, -0.1) is 0 Å². The first-order valence-corrected chi connectivity index (χ1v) is 7.67. The summed E-state index contributed by atoms with van der Waals surface area (Å²) in [6.45, 7) is 13.0. The van der Waals surface area contributed by atoms with Crippen LogP contribution >= 0.6 is 11.6 Å². The molecule has 4 heteroatoms. The number of nitrogens with zero attached hydrogens (tertiary/aromatic N) is 1. The normalized spacial score (nSPS) is 13.6. The van der Waals surface area contributed by atoms with Gasteiger partial charge >= 0.3 is 0 Å². The van der Waals surface area contributed by atoms with E-state index in [2.05, 4.69) is 11.9 Å². The Balaban J connectivity index is 2.68. The second-order valence-electron chi connectivity index (χ2n) is 5.47. The second-order valence-corrected chi connectivity index (χ2v) is 5.91. The summed E-state index contributed by atoms with van der Waals surface area (Å²) in [6.07, 6.45) is 0. The highest BCUT2D eigenvalue weighted by atomic mass is 35.5. The quantitative estimate of drug-likeness (QED) is 0.777. The van der Waals surface area contributed by atoms with E-state index >= 15 is 0 Å². The molecule has 0 spiro atoms. The fourth-order valence-corrected chi connectivity index (χ4v) is 2.46. The van der Waals surface area contributed by atoms with Crippen LogP contribution in [-0.4, -0.2) is 29.9 Å². The lowest BCUT2D eigenvalue weighted by Crippen LogP contribution is -2.46. The molecule has 1 aromatic carbocycles. The molecule has 3 nitrogen and oxygen atoms in total. The van der Waals surface area contributed by atoms with Crippen LogP contribution in [0.4, 0.5) is 0 Å². The van der Waals surface area contributed by atoms with Crippen LogP contribution in [-0.2, 0) is 4.79 Å². The minimum absolute atomic E-state index is 0.0613. The molecule has 0 aliphatic rings. The molecule has 2 atom stereocenters. The molecule has 0 aliphatic carbocycles. The minimum Gasteiger partial charge on any atom is -0.338 e. The Morgan fingerprint density at radius 2 is 2.10 bits per heavy atom. The number of hydrogen-bond donors (Lipinski definition) is 1. The Morgan fingerprint density at radius 3 is 2.62 bits per heavy atom. The first kappa shape index (κ1) is 17.7. The fourth-order valence-electron chi connectivity index (χ4n) is 2.26. The van der Waals surface area contributed by atoms with Crippen LogP contribution in [0.15, 0.2) is 36.4 Å². The lowest BCUT2D eigenvalue weighted by atomic mass is 10.1. The van der Waals surface area contributed by atoms with Crippen LogP contribution < -0.4 is 5.32 Å². The maximum atomic E-state index is 12.4. The van der Waals surface area contributed by atoms with Crippen molar-refractivity contribution in [3.8, 4) is 0 Å². The van der Waals surface area contributed by atoms with E-state index in [0.717, 1.165) is 11.1 Å². The monoisotopic (exact) mass is 308 g/mol. The van der Waals surface area contributed by atoms with E-state index in [-0.39, 0.29) is 18.0 Å². The third kappa shape index (κ3) is 5.52. The number of hydrogen-bond acceptors (Lipinski definition) is 2. The molecule has 0 aromatic heterocycles. The molecule has 0 saturated heterocycles. The SMILES string of the molecule is C=C(C)CN(CC)C(=O)C(C)NC(C)c1cccc(Cl)c1. The van der Waals surface area contributed by atoms with Gasteiger partial charge in [-0.25, -0.2) is 0 Å². The zero-order valence-corrected chi connectivity index (χ0v) is 14.1. The van der Waals surface area contributed by atoms with E-state index in [1.807, 2.05) is 56.9 Å². The van der Waals surface area contributed by atoms with Crippen molar-refractivity contribution >= 4 is 17.5 Å². The molecule has 0 fully saturated rings. The average Bonchev–Trinajstić information content (AvgIpc) is 2.43. The third-order valence-corrected chi connectivity index (χ3v) is 3.61. The van der Waals surface area contributed by atoms with Gasteiger partial charge in [-0.2, -0.15) is 0 Å². The Morgan fingerprint density at radius 1 is 1.43 bits per heavy atom. The van der Waals surface area contributed by atoms with Crippen LogP contribution in [0.25, 0.3) is 0 Å². The van der Waals surface area contributed by atoms with E-state index in [4.69, 9.17) is 11.6 Å². The van der Waals surface area contributed by atoms with Gasteiger partial charge < -0.3 is 4.90 Å². The third-order valence-electron chi connectivity index (χ3n) is 3.37. The van der Waals surface area contributed by atoms with Crippen LogP contribution in [0.5, 0.6) is 0 Å². The van der Waals surface area contributed by atoms with Gasteiger partial charge in [0.1, 0.15) is 0 Å². The van der Waals surface area contributed by atoms with E-state index in [0.29, 0.717) is 18.1 Å². The summed E-state index contributed by atoms with van der Waals surface area (Å²) in [5.74, 6) is 0.0920. The molecule has 1 rings (SSSR count). The smallest absolute Gasteiger partial charge is 0.239 e. The van der Waals surface area contributed by atoms with Crippen molar-refractivity contribution in [1.82, 2.24) is 10.2 Å². The zero-order valence-electron chi connectivity index (χ0n) is 13.3. The van der Waals surface area contributed by atoms with Crippen molar-refractivity contribution in [3.63, 3.8) is 0 Å². The Labute approximate surface area is 133 Å². The predicted molar refractivity (Wildman–Crippen MR) is 89.5 cm³/mol. The number of nitrogens with one attached hydrogen (secondary N) is 1. The highest BCUT2D eigenvalue weighted by Gasteiger charge is 2.21. The summed E-state index contributed by atoms with van der Waals surface area (Å²) in [6, 6.07) is 7.50. The maximum absolute atomic E-state index is 12.4. The largest absolute Gasteiger partial charge is 0.338 e. The molecule has 0 bridgehead atoms. The molecular formula is C17H25ClN2O. The van der Waals surface area contributed by atoms with Gasteiger partial charge in [0.25, 0.3) is 0 Å². The topological polar surface area (TPSA) is 32.3 Å². The molecule has 0 saturated carbocycles. The Hall–Kier alpha value is -1.32. The number of halogens is 1. The summed E-state index contributed by atoms with van der Waals surface area (Å²) in [5.41, 5.74) is 2.06. The number of benzene rings is 1. The van der Waals surface area contributed by atoms with Gasteiger partial charge in [-0.3, -0.25) is 10.1 Å². The Bertz CT molecular complexity index is 501. The summed E-state index contributed by atoms with van der Waals surface area (Å²) < 4.78 is 0. The second kappa shape index (κ2) is 8.20. The first-order valence-electron chi connectivity index (χ1n) is 7.29. The molecule has 1 amide bonds. The van der Waals surface area contributed by atoms with E-state index in [1.54, 1.807) is 0 Å². The molecule has 116 valence electrons. The highest BCUT2D eigenvalue weighted by molar-refractivity contribution is 6.30. The van der Waals surface area contributed by atoms with Crippen molar-refractivity contribution in [2.45, 2.75) is 39.8 Å². The van der Waals surface area contributed by atoms with Gasteiger partial charge in [0.05, 0.1) is 6.04 Å². The van der Waals surface area contributed by atoms with E-state index in [1.165, 1.54) is 0 Å².